The van der Waals surface area contributed by atoms with Gasteiger partial charge in [-0.1, -0.05) is 32.4 Å². The molecule has 0 aromatic carbocycles. The number of fused-ring (bicyclic) bond motifs is 1. The Morgan fingerprint density at radius 3 is 2.32 bits per heavy atom. The molecule has 2 rings (SSSR count). The summed E-state index contributed by atoms with van der Waals surface area (Å²) in [6, 6.07) is 0.764. The van der Waals surface area contributed by atoms with Gasteiger partial charge in [0.1, 0.15) is 10.8 Å². The van der Waals surface area contributed by atoms with Gasteiger partial charge in [-0.2, -0.15) is 18.3 Å². The van der Waals surface area contributed by atoms with Gasteiger partial charge in [0.05, 0.1) is 10.2 Å². The van der Waals surface area contributed by atoms with Gasteiger partial charge < -0.3 is 0 Å². The standard InChI is InChI=1S/C11H10BrClF3N3/c1-10(2,3)8-7(12)9-17-5(11(14,15)16)4-6(13)19(9)18-8/h4H,1-3H3. The first kappa shape index (κ1) is 14.6. The van der Waals surface area contributed by atoms with Crippen LogP contribution in [0.1, 0.15) is 32.2 Å². The highest BCUT2D eigenvalue weighted by Gasteiger charge is 2.35. The molecule has 0 N–H and O–H groups in total. The third-order valence-electron chi connectivity index (χ3n) is 2.49. The number of aromatic nitrogens is 3. The van der Waals surface area contributed by atoms with Crippen molar-refractivity contribution in [2.45, 2.75) is 32.4 Å². The van der Waals surface area contributed by atoms with Gasteiger partial charge in [-0.05, 0) is 15.9 Å². The first-order valence-electron chi connectivity index (χ1n) is 5.34. The average Bonchev–Trinajstić information content (AvgIpc) is 2.55. The molecule has 19 heavy (non-hydrogen) atoms. The van der Waals surface area contributed by atoms with E-state index >= 15 is 0 Å². The topological polar surface area (TPSA) is 30.2 Å². The van der Waals surface area contributed by atoms with Gasteiger partial charge in [0.25, 0.3) is 0 Å². The number of nitrogens with zero attached hydrogens (tertiary/aromatic N) is 3. The minimum atomic E-state index is -4.54. The van der Waals surface area contributed by atoms with E-state index in [1.165, 1.54) is 4.52 Å². The highest BCUT2D eigenvalue weighted by atomic mass is 79.9. The van der Waals surface area contributed by atoms with E-state index in [9.17, 15) is 13.2 Å². The number of rotatable bonds is 0. The smallest absolute Gasteiger partial charge is 0.223 e. The summed E-state index contributed by atoms with van der Waals surface area (Å²) in [7, 11) is 0. The van der Waals surface area contributed by atoms with Crippen LogP contribution in [0.15, 0.2) is 10.5 Å². The maximum Gasteiger partial charge on any atom is 0.433 e. The van der Waals surface area contributed by atoms with Crippen LogP contribution in [0.5, 0.6) is 0 Å². The van der Waals surface area contributed by atoms with E-state index in [1.54, 1.807) is 0 Å². The maximum absolute atomic E-state index is 12.7. The summed E-state index contributed by atoms with van der Waals surface area (Å²) in [5, 5.41) is 4.08. The molecular formula is C11H10BrClF3N3. The van der Waals surface area contributed by atoms with Gasteiger partial charge >= 0.3 is 6.18 Å². The average molecular weight is 357 g/mol. The van der Waals surface area contributed by atoms with Crippen LogP contribution in [-0.2, 0) is 11.6 Å². The molecule has 0 fully saturated rings. The highest BCUT2D eigenvalue weighted by molar-refractivity contribution is 9.10. The van der Waals surface area contributed by atoms with Crippen LogP contribution in [-0.4, -0.2) is 14.6 Å². The van der Waals surface area contributed by atoms with Crippen LogP contribution >= 0.6 is 27.5 Å². The summed E-state index contributed by atoms with van der Waals surface area (Å²) in [5.74, 6) is 0. The molecule has 0 unspecified atom stereocenters. The fourth-order valence-corrected chi connectivity index (χ4v) is 2.73. The van der Waals surface area contributed by atoms with E-state index in [4.69, 9.17) is 11.6 Å². The zero-order valence-corrected chi connectivity index (χ0v) is 12.7. The summed E-state index contributed by atoms with van der Waals surface area (Å²) in [5.41, 5.74) is -0.717. The molecule has 0 saturated carbocycles. The van der Waals surface area contributed by atoms with Crippen LogP contribution in [0.3, 0.4) is 0 Å². The highest BCUT2D eigenvalue weighted by Crippen LogP contribution is 2.35. The number of hydrogen-bond acceptors (Lipinski definition) is 2. The molecule has 2 aromatic rings. The third-order valence-corrected chi connectivity index (χ3v) is 3.49. The predicted molar refractivity (Wildman–Crippen MR) is 69.4 cm³/mol. The lowest BCUT2D eigenvalue weighted by Crippen LogP contribution is -2.12. The molecule has 0 saturated heterocycles. The van der Waals surface area contributed by atoms with Gasteiger partial charge in [0.15, 0.2) is 5.65 Å². The molecule has 0 atom stereocenters. The van der Waals surface area contributed by atoms with Crippen molar-refractivity contribution in [2.75, 3.05) is 0 Å². The summed E-state index contributed by atoms with van der Waals surface area (Å²) < 4.78 is 39.7. The van der Waals surface area contributed by atoms with Gasteiger partial charge in [-0.3, -0.25) is 0 Å². The second-order valence-electron chi connectivity index (χ2n) is 5.11. The molecule has 2 heterocycles. The van der Waals surface area contributed by atoms with Crippen molar-refractivity contribution in [1.82, 2.24) is 14.6 Å². The van der Waals surface area contributed by atoms with Crippen LogP contribution in [0.2, 0.25) is 5.15 Å². The lowest BCUT2D eigenvalue weighted by molar-refractivity contribution is -0.141. The molecule has 0 spiro atoms. The molecule has 104 valence electrons. The van der Waals surface area contributed by atoms with Crippen molar-refractivity contribution >= 4 is 33.2 Å². The molecule has 0 aliphatic carbocycles. The minimum Gasteiger partial charge on any atom is -0.223 e. The Balaban J connectivity index is 2.79. The van der Waals surface area contributed by atoms with E-state index in [2.05, 4.69) is 26.0 Å². The van der Waals surface area contributed by atoms with Crippen molar-refractivity contribution < 1.29 is 13.2 Å². The second kappa shape index (κ2) is 4.34. The monoisotopic (exact) mass is 355 g/mol. The summed E-state index contributed by atoms with van der Waals surface area (Å²) in [6.45, 7) is 5.70. The second-order valence-corrected chi connectivity index (χ2v) is 6.29. The van der Waals surface area contributed by atoms with Crippen LogP contribution < -0.4 is 0 Å². The largest absolute Gasteiger partial charge is 0.433 e. The van der Waals surface area contributed by atoms with E-state index in [1.807, 2.05) is 20.8 Å². The lowest BCUT2D eigenvalue weighted by Gasteiger charge is -2.14. The number of hydrogen-bond donors (Lipinski definition) is 0. The van der Waals surface area contributed by atoms with Gasteiger partial charge in [-0.15, -0.1) is 0 Å². The minimum absolute atomic E-state index is 0.0600. The SMILES string of the molecule is CC(C)(C)c1nn2c(Cl)cc(C(F)(F)F)nc2c1Br. The van der Waals surface area contributed by atoms with E-state index in [0.29, 0.717) is 10.2 Å². The Morgan fingerprint density at radius 2 is 1.84 bits per heavy atom. The lowest BCUT2D eigenvalue weighted by atomic mass is 9.92. The summed E-state index contributed by atoms with van der Waals surface area (Å²) in [4.78, 5) is 3.59. The van der Waals surface area contributed by atoms with E-state index in [-0.39, 0.29) is 16.2 Å². The molecular weight excluding hydrogens is 346 g/mol. The number of alkyl halides is 3. The molecule has 0 amide bonds. The quantitative estimate of drug-likeness (QED) is 0.652. The van der Waals surface area contributed by atoms with Crippen LogP contribution in [0.25, 0.3) is 5.65 Å². The van der Waals surface area contributed by atoms with E-state index < -0.39 is 11.9 Å². The molecule has 0 aliphatic rings. The van der Waals surface area contributed by atoms with Crippen molar-refractivity contribution in [2.24, 2.45) is 0 Å². The summed E-state index contributed by atoms with van der Waals surface area (Å²) >= 11 is 9.09. The fourth-order valence-electron chi connectivity index (χ4n) is 1.58. The zero-order chi connectivity index (χ0) is 14.6. The third kappa shape index (κ3) is 2.58. The van der Waals surface area contributed by atoms with Crippen molar-refractivity contribution in [3.05, 3.63) is 27.1 Å². The normalized spacial score (nSPS) is 13.3. The Kier molecular flexibility index (Phi) is 3.33. The molecule has 0 bridgehead atoms. The van der Waals surface area contributed by atoms with Crippen molar-refractivity contribution in [3.8, 4) is 0 Å². The Morgan fingerprint density at radius 1 is 1.26 bits per heavy atom. The van der Waals surface area contributed by atoms with Gasteiger partial charge in [0, 0.05) is 11.5 Å². The first-order valence-corrected chi connectivity index (χ1v) is 6.51. The molecule has 3 nitrogen and oxygen atoms in total. The van der Waals surface area contributed by atoms with Gasteiger partial charge in [-0.25, -0.2) is 9.50 Å². The molecule has 8 heteroatoms. The zero-order valence-electron chi connectivity index (χ0n) is 10.3. The fraction of sp³-hybridized carbons (Fsp3) is 0.455. The summed E-state index contributed by atoms with van der Waals surface area (Å²) in [6.07, 6.45) is -4.54. The van der Waals surface area contributed by atoms with Gasteiger partial charge in [0.2, 0.25) is 0 Å². The maximum atomic E-state index is 12.7. The molecule has 0 radical (unpaired) electrons. The van der Waals surface area contributed by atoms with E-state index in [0.717, 1.165) is 6.07 Å². The molecule has 0 aliphatic heterocycles. The molecule has 2 aromatic heterocycles. The van der Waals surface area contributed by atoms with Crippen molar-refractivity contribution in [1.29, 1.82) is 0 Å². The van der Waals surface area contributed by atoms with Crippen LogP contribution in [0.4, 0.5) is 13.2 Å². The Bertz CT molecular complexity index is 643. The first-order chi connectivity index (χ1) is 8.51. The number of halogens is 5. The van der Waals surface area contributed by atoms with Crippen molar-refractivity contribution in [3.63, 3.8) is 0 Å². The van der Waals surface area contributed by atoms with Crippen LogP contribution in [0, 0.1) is 0 Å². The Labute approximate surface area is 120 Å². The Hall–Kier alpha value is -0.820. The predicted octanol–water partition coefficient (Wildman–Crippen LogP) is 4.46.